The van der Waals surface area contributed by atoms with Crippen molar-refractivity contribution >= 4 is 5.97 Å². The number of hydrogen-bond donors (Lipinski definition) is 8. The Kier molecular flexibility index (Phi) is 12.7. The number of cyclic esters (lactones) is 1. The number of aliphatic hydroxyl groups is 8. The second-order valence-electron chi connectivity index (χ2n) is 19.3. The van der Waals surface area contributed by atoms with Crippen molar-refractivity contribution in [2.75, 3.05) is 26.9 Å². The van der Waals surface area contributed by atoms with Gasteiger partial charge in [0.2, 0.25) is 0 Å². The Morgan fingerprint density at radius 1 is 0.780 bits per heavy atom. The van der Waals surface area contributed by atoms with E-state index in [0.717, 1.165) is 63.4 Å². The summed E-state index contributed by atoms with van der Waals surface area (Å²) in [6.07, 6.45) is -7.54. The average Bonchev–Trinajstić information content (AvgIpc) is 3.77. The van der Waals surface area contributed by atoms with E-state index in [2.05, 4.69) is 13.8 Å². The van der Waals surface area contributed by atoms with Crippen LogP contribution in [-0.4, -0.2) is 171 Å². The minimum Gasteiger partial charge on any atom is -0.458 e. The van der Waals surface area contributed by atoms with Gasteiger partial charge in [0.25, 0.3) is 0 Å². The third kappa shape index (κ3) is 7.64. The zero-order chi connectivity index (χ0) is 42.2. The fourth-order valence-corrected chi connectivity index (χ4v) is 12.9. The molecule has 8 N–H and O–H groups in total. The van der Waals surface area contributed by atoms with Crippen molar-refractivity contribution in [2.24, 2.45) is 34.5 Å². The maximum Gasteiger partial charge on any atom is 0.331 e. The summed E-state index contributed by atoms with van der Waals surface area (Å²) in [5.74, 6) is 0.957. The standard InChI is InChI=1S/C42H66O17/c1-19-37(59-39-36(50)34(48)32(46)28(58-39)18-54-38-35(49)33(47)31(45)27(16-43)57-38)26(52-4)15-30(55-19)56-22-7-10-40(2)21(14-22)5-6-25-24(40)8-11-41(3)23(9-12-42(25,41)51)20-13-29(44)53-17-20/h13,19,21-28,30-39,43,45-51H,5-12,14-18H2,1-4H3/t19-,21+,22-,23+,24-,25+,26-,27+,28+,30-,31+,32+,33-,34-,35+,36+,37-,38+,39-,40-,41+,42-/m0/s1. The van der Waals surface area contributed by atoms with E-state index < -0.39 is 105 Å². The highest BCUT2D eigenvalue weighted by Crippen LogP contribution is 2.70. The van der Waals surface area contributed by atoms with Gasteiger partial charge in [-0.25, -0.2) is 4.79 Å². The molecule has 4 aliphatic carbocycles. The zero-order valence-corrected chi connectivity index (χ0v) is 34.5. The summed E-state index contributed by atoms with van der Waals surface area (Å²) in [7, 11) is 1.54. The molecule has 8 aliphatic rings. The lowest BCUT2D eigenvalue weighted by Gasteiger charge is -2.64. The third-order valence-electron chi connectivity index (χ3n) is 16.4. The summed E-state index contributed by atoms with van der Waals surface area (Å²) < 4.78 is 47.2. The highest BCUT2D eigenvalue weighted by Gasteiger charge is 2.68. The Balaban J connectivity index is 0.857. The minimum atomic E-state index is -1.70. The summed E-state index contributed by atoms with van der Waals surface area (Å²) in [6, 6.07) is 0. The van der Waals surface area contributed by atoms with E-state index in [-0.39, 0.29) is 34.7 Å². The Hall–Kier alpha value is -1.39. The number of hydrogen-bond acceptors (Lipinski definition) is 17. The van der Waals surface area contributed by atoms with Crippen LogP contribution in [0.1, 0.15) is 85.0 Å². The van der Waals surface area contributed by atoms with Gasteiger partial charge in [-0.3, -0.25) is 0 Å². The van der Waals surface area contributed by atoms with Crippen molar-refractivity contribution in [1.29, 1.82) is 0 Å². The molecule has 7 fully saturated rings. The van der Waals surface area contributed by atoms with Crippen molar-refractivity contribution in [1.82, 2.24) is 0 Å². The molecule has 59 heavy (non-hydrogen) atoms. The van der Waals surface area contributed by atoms with Gasteiger partial charge in [0.05, 0.1) is 37.1 Å². The number of carbonyl (C=O) groups excluding carboxylic acids is 1. The van der Waals surface area contributed by atoms with Gasteiger partial charge in [-0.05, 0) is 99.4 Å². The van der Waals surface area contributed by atoms with Crippen molar-refractivity contribution in [3.8, 4) is 0 Å². The molecule has 22 atom stereocenters. The van der Waals surface area contributed by atoms with Gasteiger partial charge in [0, 0.05) is 25.0 Å². The molecule has 17 nitrogen and oxygen atoms in total. The second kappa shape index (κ2) is 17.0. The molecule has 4 saturated carbocycles. The molecule has 8 rings (SSSR count). The third-order valence-corrected chi connectivity index (χ3v) is 16.4. The van der Waals surface area contributed by atoms with Crippen LogP contribution in [0.15, 0.2) is 11.6 Å². The van der Waals surface area contributed by atoms with Crippen LogP contribution in [0, 0.1) is 34.5 Å². The van der Waals surface area contributed by atoms with Gasteiger partial charge in [-0.15, -0.1) is 0 Å². The molecule has 0 bridgehead atoms. The van der Waals surface area contributed by atoms with Crippen LogP contribution < -0.4 is 0 Å². The van der Waals surface area contributed by atoms with Gasteiger partial charge in [0.1, 0.15) is 61.5 Å². The van der Waals surface area contributed by atoms with E-state index in [0.29, 0.717) is 24.9 Å². The van der Waals surface area contributed by atoms with Crippen molar-refractivity contribution < 1.29 is 83.5 Å². The molecule has 0 unspecified atom stereocenters. The molecule has 0 amide bonds. The predicted molar refractivity (Wildman–Crippen MR) is 202 cm³/mol. The van der Waals surface area contributed by atoms with Crippen LogP contribution in [0.5, 0.6) is 0 Å². The molecule has 3 saturated heterocycles. The molecule has 4 aliphatic heterocycles. The maximum absolute atomic E-state index is 12.6. The largest absolute Gasteiger partial charge is 0.458 e. The monoisotopic (exact) mass is 842 g/mol. The molecule has 0 aromatic heterocycles. The lowest BCUT2D eigenvalue weighted by molar-refractivity contribution is -0.355. The van der Waals surface area contributed by atoms with E-state index in [1.165, 1.54) is 0 Å². The van der Waals surface area contributed by atoms with Gasteiger partial charge in [-0.1, -0.05) is 13.8 Å². The highest BCUT2D eigenvalue weighted by molar-refractivity contribution is 5.85. The molecule has 0 spiro atoms. The Bertz CT molecular complexity index is 1530. The zero-order valence-electron chi connectivity index (χ0n) is 34.5. The molecule has 17 heteroatoms. The summed E-state index contributed by atoms with van der Waals surface area (Å²) in [6.45, 7) is 5.69. The fraction of sp³-hybridized carbons (Fsp3) is 0.929. The number of rotatable bonds is 10. The quantitative estimate of drug-likeness (QED) is 0.105. The summed E-state index contributed by atoms with van der Waals surface area (Å²) in [5, 5.41) is 85.0. The van der Waals surface area contributed by atoms with Gasteiger partial charge in [-0.2, -0.15) is 0 Å². The number of ether oxygens (including phenoxy) is 8. The minimum absolute atomic E-state index is 0.0268. The van der Waals surface area contributed by atoms with Crippen molar-refractivity contribution in [3.63, 3.8) is 0 Å². The van der Waals surface area contributed by atoms with Gasteiger partial charge in [0.15, 0.2) is 18.9 Å². The van der Waals surface area contributed by atoms with E-state index >= 15 is 0 Å². The molecule has 0 aromatic carbocycles. The molecule has 336 valence electrons. The molecular formula is C42H66O17. The smallest absolute Gasteiger partial charge is 0.331 e. The van der Waals surface area contributed by atoms with Crippen LogP contribution in [0.25, 0.3) is 0 Å². The van der Waals surface area contributed by atoms with Crippen LogP contribution in [0.4, 0.5) is 0 Å². The number of esters is 1. The van der Waals surface area contributed by atoms with Crippen molar-refractivity contribution in [3.05, 3.63) is 11.6 Å². The lowest BCUT2D eigenvalue weighted by Crippen LogP contribution is -2.63. The Morgan fingerprint density at radius 3 is 2.19 bits per heavy atom. The SMILES string of the molecule is CO[C@H]1C[C@H](O[C@H]2CC[C@@]3(C)[C@H](CC[C@@H]4[C@@H]3CC[C@]3(C)[C@@H](C5=CC(=O)OC5)CC[C@]43O)C2)O[C@@H](C)[C@@H]1O[C@@H]1O[C@H](CO[C@@H]2O[C@H](CO)[C@@H](O)[C@H](O)[C@H]2O)[C@@H](O)[C@H](O)[C@H]1O. The predicted octanol–water partition coefficient (Wildman–Crippen LogP) is -0.212. The van der Waals surface area contributed by atoms with E-state index in [9.17, 15) is 45.6 Å². The first-order valence-corrected chi connectivity index (χ1v) is 21.7. The normalized spacial score (nSPS) is 53.9. The Morgan fingerprint density at radius 2 is 1.49 bits per heavy atom. The topological polar surface area (TPSA) is 253 Å². The van der Waals surface area contributed by atoms with Crippen LogP contribution in [0.2, 0.25) is 0 Å². The summed E-state index contributed by atoms with van der Waals surface area (Å²) in [4.78, 5) is 12.0. The molecule has 0 aromatic rings. The number of carbonyl (C=O) groups is 1. The highest BCUT2D eigenvalue weighted by atomic mass is 16.8. The second-order valence-corrected chi connectivity index (χ2v) is 19.3. The maximum atomic E-state index is 12.6. The number of fused-ring (bicyclic) bond motifs is 5. The summed E-state index contributed by atoms with van der Waals surface area (Å²) in [5.41, 5.74) is 0.0761. The number of aliphatic hydroxyl groups excluding tert-OH is 7. The lowest BCUT2D eigenvalue weighted by atomic mass is 9.43. The first-order chi connectivity index (χ1) is 28.0. The molecular weight excluding hydrogens is 776 g/mol. The fourth-order valence-electron chi connectivity index (χ4n) is 12.9. The van der Waals surface area contributed by atoms with Crippen LogP contribution in [0.3, 0.4) is 0 Å². The van der Waals surface area contributed by atoms with E-state index in [1.54, 1.807) is 20.1 Å². The van der Waals surface area contributed by atoms with E-state index in [4.69, 9.17) is 37.9 Å². The number of methoxy groups -OCH3 is 1. The molecule has 4 heterocycles. The Labute approximate surface area is 344 Å². The van der Waals surface area contributed by atoms with Crippen LogP contribution in [-0.2, 0) is 42.7 Å². The first-order valence-electron chi connectivity index (χ1n) is 21.7. The van der Waals surface area contributed by atoms with Crippen LogP contribution >= 0.6 is 0 Å². The first kappa shape index (κ1) is 44.2. The van der Waals surface area contributed by atoms with E-state index in [1.807, 2.05) is 0 Å². The van der Waals surface area contributed by atoms with Gasteiger partial charge >= 0.3 is 5.97 Å². The molecule has 0 radical (unpaired) electrons. The van der Waals surface area contributed by atoms with Gasteiger partial charge < -0.3 is 78.7 Å². The average molecular weight is 843 g/mol. The summed E-state index contributed by atoms with van der Waals surface area (Å²) >= 11 is 0. The van der Waals surface area contributed by atoms with Crippen molar-refractivity contribution in [2.45, 2.75) is 183 Å².